The quantitative estimate of drug-likeness (QED) is 0.683. The molecule has 6 heteroatoms. The van der Waals surface area contributed by atoms with Gasteiger partial charge in [0.05, 0.1) is 0 Å². The van der Waals surface area contributed by atoms with E-state index < -0.39 is 12.0 Å². The van der Waals surface area contributed by atoms with E-state index in [0.29, 0.717) is 24.7 Å². The Balaban J connectivity index is 2.80. The molecule has 1 atom stereocenters. The van der Waals surface area contributed by atoms with E-state index in [4.69, 9.17) is 34.0 Å². The molecule has 0 heterocycles. The second-order valence-electron chi connectivity index (χ2n) is 4.57. The zero-order valence-electron chi connectivity index (χ0n) is 11.3. The number of nitrogens with two attached hydrogens (primary N) is 1. The first-order chi connectivity index (χ1) is 9.58. The lowest BCUT2D eigenvalue weighted by atomic mass is 10.00. The lowest BCUT2D eigenvalue weighted by Crippen LogP contribution is -2.33. The summed E-state index contributed by atoms with van der Waals surface area (Å²) >= 11 is 11.6. The van der Waals surface area contributed by atoms with Crippen molar-refractivity contribution in [3.8, 4) is 0 Å². The molecule has 0 fully saturated rings. The number of alkyl halides is 2. The topological polar surface area (TPSA) is 66.6 Å². The highest BCUT2D eigenvalue weighted by atomic mass is 35.5. The number of hydrogen-bond donors (Lipinski definition) is 2. The van der Waals surface area contributed by atoms with Crippen LogP contribution < -0.4 is 5.73 Å². The fraction of sp³-hybridized carbons (Fsp3) is 0.500. The van der Waals surface area contributed by atoms with Gasteiger partial charge in [-0.05, 0) is 17.5 Å². The number of nitrogens with zero attached hydrogens (tertiary/aromatic N) is 1. The molecule has 1 rings (SSSR count). The van der Waals surface area contributed by atoms with Gasteiger partial charge in [0.15, 0.2) is 0 Å². The molecule has 112 valence electrons. The Bertz CT molecular complexity index is 423. The van der Waals surface area contributed by atoms with Crippen molar-refractivity contribution in [2.24, 2.45) is 5.73 Å². The van der Waals surface area contributed by atoms with E-state index >= 15 is 0 Å². The number of rotatable bonds is 9. The van der Waals surface area contributed by atoms with Gasteiger partial charge < -0.3 is 10.8 Å². The lowest BCUT2D eigenvalue weighted by molar-refractivity contribution is -0.138. The SMILES string of the molecule is NC(Cc1ccccc1CN(CCCl)CCCl)C(=O)O. The summed E-state index contributed by atoms with van der Waals surface area (Å²) in [6.45, 7) is 2.18. The molecule has 0 aliphatic carbocycles. The van der Waals surface area contributed by atoms with Crippen LogP contribution in [-0.2, 0) is 17.8 Å². The number of aliphatic carboxylic acids is 1. The van der Waals surface area contributed by atoms with Crippen LogP contribution in [0.25, 0.3) is 0 Å². The van der Waals surface area contributed by atoms with E-state index in [-0.39, 0.29) is 0 Å². The number of benzene rings is 1. The smallest absolute Gasteiger partial charge is 0.320 e. The highest BCUT2D eigenvalue weighted by molar-refractivity contribution is 6.18. The van der Waals surface area contributed by atoms with Gasteiger partial charge in [-0.15, -0.1) is 23.2 Å². The molecule has 0 aliphatic heterocycles. The van der Waals surface area contributed by atoms with E-state index in [1.165, 1.54) is 0 Å². The fourth-order valence-electron chi connectivity index (χ4n) is 1.98. The van der Waals surface area contributed by atoms with Crippen molar-refractivity contribution in [1.29, 1.82) is 0 Å². The average Bonchev–Trinajstić information content (AvgIpc) is 2.41. The predicted octanol–water partition coefficient (Wildman–Crippen LogP) is 1.92. The van der Waals surface area contributed by atoms with E-state index in [1.807, 2.05) is 24.3 Å². The summed E-state index contributed by atoms with van der Waals surface area (Å²) in [5.41, 5.74) is 7.63. The van der Waals surface area contributed by atoms with Crippen molar-refractivity contribution >= 4 is 29.2 Å². The minimum Gasteiger partial charge on any atom is -0.480 e. The summed E-state index contributed by atoms with van der Waals surface area (Å²) in [6, 6.07) is 6.84. The molecular weight excluding hydrogens is 299 g/mol. The Morgan fingerprint density at radius 1 is 1.20 bits per heavy atom. The number of halogens is 2. The van der Waals surface area contributed by atoms with Crippen LogP contribution in [0, 0.1) is 0 Å². The number of carbonyl (C=O) groups is 1. The summed E-state index contributed by atoms with van der Waals surface area (Å²) < 4.78 is 0. The van der Waals surface area contributed by atoms with E-state index in [9.17, 15) is 4.79 Å². The molecule has 0 aromatic heterocycles. The molecular formula is C14H20Cl2N2O2. The van der Waals surface area contributed by atoms with E-state index in [2.05, 4.69) is 4.90 Å². The Hall–Kier alpha value is -0.810. The van der Waals surface area contributed by atoms with Crippen molar-refractivity contribution in [2.75, 3.05) is 24.8 Å². The van der Waals surface area contributed by atoms with Crippen molar-refractivity contribution in [1.82, 2.24) is 4.90 Å². The molecule has 0 saturated heterocycles. The minimum absolute atomic E-state index is 0.321. The van der Waals surface area contributed by atoms with Gasteiger partial charge in [0, 0.05) is 31.4 Å². The summed E-state index contributed by atoms with van der Waals surface area (Å²) in [5.74, 6) is 0.0830. The monoisotopic (exact) mass is 318 g/mol. The number of carboxylic acids is 1. The third kappa shape index (κ3) is 5.67. The molecule has 1 unspecified atom stereocenters. The fourth-order valence-corrected chi connectivity index (χ4v) is 2.46. The zero-order valence-corrected chi connectivity index (χ0v) is 12.8. The van der Waals surface area contributed by atoms with Crippen molar-refractivity contribution in [2.45, 2.75) is 19.0 Å². The van der Waals surface area contributed by atoms with Gasteiger partial charge >= 0.3 is 5.97 Å². The lowest BCUT2D eigenvalue weighted by Gasteiger charge is -2.22. The molecule has 0 bridgehead atoms. The van der Waals surface area contributed by atoms with Gasteiger partial charge in [0.1, 0.15) is 6.04 Å². The standard InChI is InChI=1S/C14H20Cl2N2O2/c15-5-7-18(8-6-16)10-12-4-2-1-3-11(12)9-13(17)14(19)20/h1-4,13H,5-10,17H2,(H,19,20). The summed E-state index contributed by atoms with van der Waals surface area (Å²) in [7, 11) is 0. The third-order valence-corrected chi connectivity index (χ3v) is 3.41. The van der Waals surface area contributed by atoms with Gasteiger partial charge in [-0.2, -0.15) is 0 Å². The maximum absolute atomic E-state index is 10.9. The summed E-state index contributed by atoms with van der Waals surface area (Å²) in [6.07, 6.45) is 0.321. The average molecular weight is 319 g/mol. The van der Waals surface area contributed by atoms with Crippen molar-refractivity contribution in [3.05, 3.63) is 35.4 Å². The zero-order chi connectivity index (χ0) is 15.0. The molecule has 0 spiro atoms. The first-order valence-electron chi connectivity index (χ1n) is 6.48. The van der Waals surface area contributed by atoms with Gasteiger partial charge in [0.2, 0.25) is 0 Å². The van der Waals surface area contributed by atoms with Crippen molar-refractivity contribution < 1.29 is 9.90 Å². The first-order valence-corrected chi connectivity index (χ1v) is 7.54. The molecule has 3 N–H and O–H groups in total. The molecule has 0 saturated carbocycles. The van der Waals surface area contributed by atoms with Gasteiger partial charge in [-0.1, -0.05) is 24.3 Å². The molecule has 1 aromatic carbocycles. The second-order valence-corrected chi connectivity index (χ2v) is 5.33. The molecule has 20 heavy (non-hydrogen) atoms. The maximum atomic E-state index is 10.9. The largest absolute Gasteiger partial charge is 0.480 e. The molecule has 1 aromatic rings. The van der Waals surface area contributed by atoms with Crippen LogP contribution in [0.5, 0.6) is 0 Å². The van der Waals surface area contributed by atoms with Crippen LogP contribution in [0.1, 0.15) is 11.1 Å². The van der Waals surface area contributed by atoms with Gasteiger partial charge in [0.25, 0.3) is 0 Å². The molecule has 0 aliphatic rings. The summed E-state index contributed by atoms with van der Waals surface area (Å²) in [4.78, 5) is 13.0. The Labute approximate surface area is 129 Å². The minimum atomic E-state index is -0.988. The van der Waals surface area contributed by atoms with Crippen LogP contribution in [0.4, 0.5) is 0 Å². The van der Waals surface area contributed by atoms with Gasteiger partial charge in [-0.3, -0.25) is 9.69 Å². The second kappa shape index (κ2) is 9.19. The van der Waals surface area contributed by atoms with E-state index in [1.54, 1.807) is 0 Å². The Morgan fingerprint density at radius 3 is 2.25 bits per heavy atom. The normalized spacial score (nSPS) is 12.6. The number of hydrogen-bond acceptors (Lipinski definition) is 3. The third-order valence-electron chi connectivity index (χ3n) is 3.07. The Morgan fingerprint density at radius 2 is 1.75 bits per heavy atom. The summed E-state index contributed by atoms with van der Waals surface area (Å²) in [5, 5.41) is 8.91. The van der Waals surface area contributed by atoms with Crippen molar-refractivity contribution in [3.63, 3.8) is 0 Å². The van der Waals surface area contributed by atoms with Crippen LogP contribution in [-0.4, -0.2) is 46.9 Å². The highest BCUT2D eigenvalue weighted by Crippen LogP contribution is 2.14. The molecule has 4 nitrogen and oxygen atoms in total. The maximum Gasteiger partial charge on any atom is 0.320 e. The molecule has 0 amide bonds. The van der Waals surface area contributed by atoms with Crippen LogP contribution in [0.15, 0.2) is 24.3 Å². The van der Waals surface area contributed by atoms with Crippen LogP contribution in [0.3, 0.4) is 0 Å². The highest BCUT2D eigenvalue weighted by Gasteiger charge is 2.15. The molecule has 0 radical (unpaired) electrons. The first kappa shape index (κ1) is 17.2. The van der Waals surface area contributed by atoms with Gasteiger partial charge in [-0.25, -0.2) is 0 Å². The number of carboxylic acid groups (broad SMARTS) is 1. The van der Waals surface area contributed by atoms with E-state index in [0.717, 1.165) is 24.2 Å². The van der Waals surface area contributed by atoms with Crippen LogP contribution in [0.2, 0.25) is 0 Å². The van der Waals surface area contributed by atoms with Crippen LogP contribution >= 0.6 is 23.2 Å². The predicted molar refractivity (Wildman–Crippen MR) is 82.5 cm³/mol. The Kier molecular flexibility index (Phi) is 7.92.